The molecule has 18 heavy (non-hydrogen) atoms. The van der Waals surface area contributed by atoms with E-state index in [1.807, 2.05) is 0 Å². The largest absolute Gasteiger partial charge is 0.469 e. The molecular weight excluding hydrogens is 238 g/mol. The molecule has 0 aromatic heterocycles. The van der Waals surface area contributed by atoms with Crippen LogP contribution < -0.4 is 0 Å². The molecule has 2 unspecified atom stereocenters. The number of esters is 1. The number of aliphatic hydroxyl groups is 2. The Morgan fingerprint density at radius 1 is 1.50 bits per heavy atom. The third-order valence-electron chi connectivity index (χ3n) is 2.43. The van der Waals surface area contributed by atoms with E-state index in [-0.39, 0.29) is 6.42 Å². The van der Waals surface area contributed by atoms with Crippen molar-refractivity contribution >= 4 is 12.2 Å². The first-order valence-electron chi connectivity index (χ1n) is 5.28. The zero-order valence-electron chi connectivity index (χ0n) is 9.85. The molecule has 6 heteroatoms. The van der Waals surface area contributed by atoms with Gasteiger partial charge in [-0.25, -0.2) is 0 Å². The summed E-state index contributed by atoms with van der Waals surface area (Å²) in [5.74, 6) is -0.602. The zero-order chi connectivity index (χ0) is 13.5. The first kappa shape index (κ1) is 14.1. The smallest absolute Gasteiger partial charge is 0.308 e. The molecule has 1 rings (SSSR count). The van der Waals surface area contributed by atoms with E-state index in [1.54, 1.807) is 24.3 Å². The number of methoxy groups -OCH3 is 1. The predicted molar refractivity (Wildman–Crippen MR) is 63.4 cm³/mol. The highest BCUT2D eigenvalue weighted by molar-refractivity contribution is 5.79. The Hall–Kier alpha value is -1.92. The van der Waals surface area contributed by atoms with Gasteiger partial charge in [-0.1, -0.05) is 23.4 Å². The summed E-state index contributed by atoms with van der Waals surface area (Å²) in [6.07, 6.45) is -1.56. The van der Waals surface area contributed by atoms with Gasteiger partial charge in [-0.15, -0.1) is 0 Å². The molecule has 0 heterocycles. The summed E-state index contributed by atoms with van der Waals surface area (Å²) < 4.78 is 4.40. The SMILES string of the molecule is COC(=O)CC(O)C(O)c1cccc(C=NO)c1. The van der Waals surface area contributed by atoms with Crippen LogP contribution in [0.1, 0.15) is 23.7 Å². The molecule has 0 amide bonds. The van der Waals surface area contributed by atoms with Gasteiger partial charge in [0.25, 0.3) is 0 Å². The molecule has 1 aromatic carbocycles. The second-order valence-corrected chi connectivity index (χ2v) is 3.71. The third-order valence-corrected chi connectivity index (χ3v) is 2.43. The number of ether oxygens (including phenoxy) is 1. The van der Waals surface area contributed by atoms with Crippen LogP contribution in [0.5, 0.6) is 0 Å². The lowest BCUT2D eigenvalue weighted by atomic mass is 10.0. The van der Waals surface area contributed by atoms with Gasteiger partial charge in [-0.3, -0.25) is 4.79 Å². The van der Waals surface area contributed by atoms with E-state index in [0.717, 1.165) is 0 Å². The quantitative estimate of drug-likeness (QED) is 0.306. The van der Waals surface area contributed by atoms with Gasteiger partial charge in [0.15, 0.2) is 0 Å². The van der Waals surface area contributed by atoms with Crippen LogP contribution in [0.2, 0.25) is 0 Å². The lowest BCUT2D eigenvalue weighted by Crippen LogP contribution is -2.22. The molecule has 98 valence electrons. The molecule has 0 fully saturated rings. The predicted octanol–water partition coefficient (Wildman–Crippen LogP) is 0.452. The van der Waals surface area contributed by atoms with E-state index >= 15 is 0 Å². The number of benzene rings is 1. The van der Waals surface area contributed by atoms with Gasteiger partial charge in [0, 0.05) is 0 Å². The molecule has 2 atom stereocenters. The van der Waals surface area contributed by atoms with Crippen LogP contribution in [-0.4, -0.2) is 40.8 Å². The average molecular weight is 253 g/mol. The van der Waals surface area contributed by atoms with Gasteiger partial charge < -0.3 is 20.2 Å². The van der Waals surface area contributed by atoms with E-state index < -0.39 is 18.2 Å². The van der Waals surface area contributed by atoms with Crippen molar-refractivity contribution in [2.45, 2.75) is 18.6 Å². The Morgan fingerprint density at radius 3 is 2.83 bits per heavy atom. The highest BCUT2D eigenvalue weighted by Gasteiger charge is 2.21. The molecule has 0 aliphatic carbocycles. The summed E-state index contributed by atoms with van der Waals surface area (Å²) in [6.45, 7) is 0. The van der Waals surface area contributed by atoms with Crippen molar-refractivity contribution in [3.63, 3.8) is 0 Å². The Morgan fingerprint density at radius 2 is 2.22 bits per heavy atom. The van der Waals surface area contributed by atoms with Crippen molar-refractivity contribution in [1.29, 1.82) is 0 Å². The fourth-order valence-corrected chi connectivity index (χ4v) is 1.48. The molecule has 0 saturated carbocycles. The highest BCUT2D eigenvalue weighted by Crippen LogP contribution is 2.20. The second-order valence-electron chi connectivity index (χ2n) is 3.71. The number of carbonyl (C=O) groups is 1. The average Bonchev–Trinajstić information content (AvgIpc) is 2.38. The van der Waals surface area contributed by atoms with Crippen LogP contribution in [-0.2, 0) is 9.53 Å². The summed E-state index contributed by atoms with van der Waals surface area (Å²) in [5.41, 5.74) is 0.989. The lowest BCUT2D eigenvalue weighted by Gasteiger charge is -2.17. The second kappa shape index (κ2) is 6.73. The van der Waals surface area contributed by atoms with Crippen LogP contribution >= 0.6 is 0 Å². The summed E-state index contributed by atoms with van der Waals surface area (Å²) in [6, 6.07) is 6.45. The van der Waals surface area contributed by atoms with Gasteiger partial charge in [-0.05, 0) is 17.2 Å². The van der Waals surface area contributed by atoms with Crippen molar-refractivity contribution < 1.29 is 25.0 Å². The van der Waals surface area contributed by atoms with E-state index in [4.69, 9.17) is 5.21 Å². The maximum atomic E-state index is 11.0. The Balaban J connectivity index is 2.79. The number of aliphatic hydroxyl groups excluding tert-OH is 2. The van der Waals surface area contributed by atoms with E-state index in [2.05, 4.69) is 9.89 Å². The van der Waals surface area contributed by atoms with Gasteiger partial charge in [-0.2, -0.15) is 0 Å². The number of nitrogens with zero attached hydrogens (tertiary/aromatic N) is 1. The number of carbonyl (C=O) groups excluding carboxylic acids is 1. The molecule has 1 aromatic rings. The Labute approximate surface area is 104 Å². The molecule has 0 aliphatic rings. The molecule has 0 bridgehead atoms. The highest BCUT2D eigenvalue weighted by atomic mass is 16.5. The first-order valence-corrected chi connectivity index (χ1v) is 5.28. The van der Waals surface area contributed by atoms with Gasteiger partial charge in [0.05, 0.1) is 25.8 Å². The Kier molecular flexibility index (Phi) is 5.29. The zero-order valence-corrected chi connectivity index (χ0v) is 9.85. The normalized spacial score (nSPS) is 14.4. The maximum absolute atomic E-state index is 11.0. The summed E-state index contributed by atoms with van der Waals surface area (Å²) >= 11 is 0. The van der Waals surface area contributed by atoms with Crippen LogP contribution in [0.3, 0.4) is 0 Å². The summed E-state index contributed by atoms with van der Waals surface area (Å²) in [7, 11) is 1.21. The summed E-state index contributed by atoms with van der Waals surface area (Å²) in [5, 5.41) is 30.8. The minimum absolute atomic E-state index is 0.296. The minimum atomic E-state index is -1.25. The topological polar surface area (TPSA) is 99.4 Å². The van der Waals surface area contributed by atoms with E-state index in [9.17, 15) is 15.0 Å². The molecular formula is C12H15NO5. The first-order chi connectivity index (χ1) is 8.58. The van der Waals surface area contributed by atoms with Crippen LogP contribution in [0.25, 0.3) is 0 Å². The molecule has 0 spiro atoms. The van der Waals surface area contributed by atoms with Crippen LogP contribution in [0.15, 0.2) is 29.4 Å². The summed E-state index contributed by atoms with van der Waals surface area (Å²) in [4.78, 5) is 11.0. The molecule has 0 radical (unpaired) electrons. The molecule has 3 N–H and O–H groups in total. The van der Waals surface area contributed by atoms with Gasteiger partial charge in [0.1, 0.15) is 6.10 Å². The molecule has 0 saturated heterocycles. The number of hydrogen-bond acceptors (Lipinski definition) is 6. The number of hydrogen-bond donors (Lipinski definition) is 3. The Bertz CT molecular complexity index is 432. The van der Waals surface area contributed by atoms with Crippen LogP contribution in [0.4, 0.5) is 0 Å². The maximum Gasteiger partial charge on any atom is 0.308 e. The fraction of sp³-hybridized carbons (Fsp3) is 0.333. The van der Waals surface area contributed by atoms with Crippen molar-refractivity contribution in [3.8, 4) is 0 Å². The number of oxime groups is 1. The molecule has 6 nitrogen and oxygen atoms in total. The fourth-order valence-electron chi connectivity index (χ4n) is 1.48. The lowest BCUT2D eigenvalue weighted by molar-refractivity contribution is -0.144. The minimum Gasteiger partial charge on any atom is -0.469 e. The van der Waals surface area contributed by atoms with Crippen molar-refractivity contribution in [1.82, 2.24) is 0 Å². The van der Waals surface area contributed by atoms with Crippen molar-refractivity contribution in [3.05, 3.63) is 35.4 Å². The van der Waals surface area contributed by atoms with Gasteiger partial charge in [0.2, 0.25) is 0 Å². The number of rotatable bonds is 5. The van der Waals surface area contributed by atoms with Crippen LogP contribution in [0, 0.1) is 0 Å². The third kappa shape index (κ3) is 3.83. The standard InChI is InChI=1S/C12H15NO5/c1-18-11(15)6-10(14)12(16)9-4-2-3-8(5-9)7-13-17/h2-5,7,10,12,14,16-17H,6H2,1H3. The van der Waals surface area contributed by atoms with E-state index in [1.165, 1.54) is 13.3 Å². The van der Waals surface area contributed by atoms with Crippen molar-refractivity contribution in [2.24, 2.45) is 5.16 Å². The monoisotopic (exact) mass is 253 g/mol. The van der Waals surface area contributed by atoms with Gasteiger partial charge >= 0.3 is 5.97 Å². The van der Waals surface area contributed by atoms with E-state index in [0.29, 0.717) is 11.1 Å². The molecule has 0 aliphatic heterocycles. The van der Waals surface area contributed by atoms with Crippen molar-refractivity contribution in [2.75, 3.05) is 7.11 Å².